The minimum absolute atomic E-state index is 0.357. The number of benzene rings is 1. The van der Waals surface area contributed by atoms with Gasteiger partial charge in [0.05, 0.1) is 6.04 Å². The van der Waals surface area contributed by atoms with Gasteiger partial charge in [-0.2, -0.15) is 0 Å². The lowest BCUT2D eigenvalue weighted by Crippen LogP contribution is -2.00. The standard InChI is InChI=1S/C16H25NO/c1-3-4-5-6-8-11-15(2)17-14-18-16-12-9-7-10-13-16/h7,9-10,12-15H,3-6,8,11H2,1-2H3. The smallest absolute Gasteiger partial charge is 0.176 e. The number of hydrogen-bond acceptors (Lipinski definition) is 2. The largest absolute Gasteiger partial charge is 0.446 e. The van der Waals surface area contributed by atoms with Crippen LogP contribution in [0.1, 0.15) is 52.4 Å². The number of unbranched alkanes of at least 4 members (excludes halogenated alkanes) is 4. The first-order chi connectivity index (χ1) is 8.83. The van der Waals surface area contributed by atoms with E-state index in [9.17, 15) is 0 Å². The summed E-state index contributed by atoms with van der Waals surface area (Å²) in [6, 6.07) is 10.1. The fraction of sp³-hybridized carbons (Fsp3) is 0.562. The predicted molar refractivity (Wildman–Crippen MR) is 78.4 cm³/mol. The van der Waals surface area contributed by atoms with Crippen molar-refractivity contribution in [3.05, 3.63) is 30.3 Å². The maximum atomic E-state index is 5.43. The molecular weight excluding hydrogens is 222 g/mol. The first-order valence-electron chi connectivity index (χ1n) is 7.06. The fourth-order valence-corrected chi connectivity index (χ4v) is 1.81. The molecule has 0 aromatic heterocycles. The van der Waals surface area contributed by atoms with Crippen molar-refractivity contribution in [3.63, 3.8) is 0 Å². The first-order valence-corrected chi connectivity index (χ1v) is 7.06. The second-order valence-electron chi connectivity index (χ2n) is 4.74. The highest BCUT2D eigenvalue weighted by Gasteiger charge is 1.98. The fourth-order valence-electron chi connectivity index (χ4n) is 1.81. The lowest BCUT2D eigenvalue weighted by atomic mass is 10.1. The first kappa shape index (κ1) is 14.7. The van der Waals surface area contributed by atoms with Crippen LogP contribution in [0.25, 0.3) is 0 Å². The molecule has 0 saturated carbocycles. The van der Waals surface area contributed by atoms with Gasteiger partial charge in [0.1, 0.15) is 5.75 Å². The lowest BCUT2D eigenvalue weighted by Gasteiger charge is -2.05. The summed E-state index contributed by atoms with van der Waals surface area (Å²) in [5.74, 6) is 0.844. The van der Waals surface area contributed by atoms with E-state index in [1.54, 1.807) is 6.40 Å². The molecule has 0 amide bonds. The lowest BCUT2D eigenvalue weighted by molar-refractivity contribution is 0.537. The minimum Gasteiger partial charge on any atom is -0.446 e. The van der Waals surface area contributed by atoms with Crippen LogP contribution in [0, 0.1) is 0 Å². The molecule has 0 N–H and O–H groups in total. The molecule has 0 aliphatic rings. The summed E-state index contributed by atoms with van der Waals surface area (Å²) in [6.07, 6.45) is 9.34. The van der Waals surface area contributed by atoms with Crippen LogP contribution in [0.2, 0.25) is 0 Å². The average Bonchev–Trinajstić information content (AvgIpc) is 2.40. The Morgan fingerprint density at radius 3 is 2.56 bits per heavy atom. The van der Waals surface area contributed by atoms with Crippen LogP contribution in [0.4, 0.5) is 0 Å². The molecule has 0 aliphatic carbocycles. The van der Waals surface area contributed by atoms with E-state index in [0.717, 1.165) is 12.2 Å². The Morgan fingerprint density at radius 1 is 1.11 bits per heavy atom. The molecule has 0 radical (unpaired) electrons. The zero-order chi connectivity index (χ0) is 13.1. The Bertz CT molecular complexity index is 321. The van der Waals surface area contributed by atoms with Gasteiger partial charge in [0.25, 0.3) is 0 Å². The molecule has 0 aliphatic heterocycles. The SMILES string of the molecule is CCCCCCCC(C)N=COc1ccccc1. The number of rotatable bonds is 9. The normalized spacial score (nSPS) is 12.8. The van der Waals surface area contributed by atoms with Crippen molar-refractivity contribution in [1.82, 2.24) is 0 Å². The molecule has 1 aromatic rings. The van der Waals surface area contributed by atoms with E-state index in [0.29, 0.717) is 6.04 Å². The highest BCUT2D eigenvalue weighted by atomic mass is 16.5. The maximum absolute atomic E-state index is 5.43. The Kier molecular flexibility index (Phi) is 7.94. The van der Waals surface area contributed by atoms with Crippen molar-refractivity contribution in [3.8, 4) is 5.75 Å². The molecule has 1 aromatic carbocycles. The summed E-state index contributed by atoms with van der Waals surface area (Å²) in [6.45, 7) is 4.39. The van der Waals surface area contributed by atoms with Crippen molar-refractivity contribution in [2.75, 3.05) is 0 Å². The molecule has 0 bridgehead atoms. The molecule has 0 saturated heterocycles. The number of aliphatic imine (C=N–C) groups is 1. The average molecular weight is 247 g/mol. The van der Waals surface area contributed by atoms with Gasteiger partial charge in [0.15, 0.2) is 6.40 Å². The van der Waals surface area contributed by atoms with E-state index < -0.39 is 0 Å². The van der Waals surface area contributed by atoms with Gasteiger partial charge in [-0.3, -0.25) is 4.99 Å². The minimum atomic E-state index is 0.357. The van der Waals surface area contributed by atoms with Gasteiger partial charge in [-0.25, -0.2) is 0 Å². The summed E-state index contributed by atoms with van der Waals surface area (Å²) in [5, 5.41) is 0. The maximum Gasteiger partial charge on any atom is 0.176 e. The second kappa shape index (κ2) is 9.69. The molecule has 2 heteroatoms. The van der Waals surface area contributed by atoms with Gasteiger partial charge in [0.2, 0.25) is 0 Å². The van der Waals surface area contributed by atoms with E-state index in [2.05, 4.69) is 18.8 Å². The van der Waals surface area contributed by atoms with E-state index in [4.69, 9.17) is 4.74 Å². The summed E-state index contributed by atoms with van der Waals surface area (Å²) in [5.41, 5.74) is 0. The molecular formula is C16H25NO. The molecule has 18 heavy (non-hydrogen) atoms. The van der Waals surface area contributed by atoms with Crippen LogP contribution in [0.5, 0.6) is 5.75 Å². The summed E-state index contributed by atoms with van der Waals surface area (Å²) in [7, 11) is 0. The molecule has 100 valence electrons. The number of hydrogen-bond donors (Lipinski definition) is 0. The van der Waals surface area contributed by atoms with E-state index in [1.807, 2.05) is 30.3 Å². The predicted octanol–water partition coefficient (Wildman–Crippen LogP) is 4.84. The van der Waals surface area contributed by atoms with Gasteiger partial charge < -0.3 is 4.74 Å². The third-order valence-corrected chi connectivity index (χ3v) is 2.97. The summed E-state index contributed by atoms with van der Waals surface area (Å²) < 4.78 is 5.43. The van der Waals surface area contributed by atoms with Crippen LogP contribution in [-0.4, -0.2) is 12.4 Å². The van der Waals surface area contributed by atoms with Gasteiger partial charge >= 0.3 is 0 Å². The second-order valence-corrected chi connectivity index (χ2v) is 4.74. The van der Waals surface area contributed by atoms with Crippen LogP contribution in [0.15, 0.2) is 35.3 Å². The Labute approximate surface area is 111 Å². The van der Waals surface area contributed by atoms with Crippen molar-refractivity contribution in [1.29, 1.82) is 0 Å². The number of ether oxygens (including phenoxy) is 1. The molecule has 1 atom stereocenters. The summed E-state index contributed by atoms with van der Waals surface area (Å²) in [4.78, 5) is 4.39. The third kappa shape index (κ3) is 7.10. The molecule has 0 heterocycles. The zero-order valence-electron chi connectivity index (χ0n) is 11.6. The molecule has 1 rings (SSSR count). The van der Waals surface area contributed by atoms with Gasteiger partial charge in [0, 0.05) is 0 Å². The van der Waals surface area contributed by atoms with E-state index >= 15 is 0 Å². The molecule has 0 spiro atoms. The van der Waals surface area contributed by atoms with Crippen molar-refractivity contribution in [2.24, 2.45) is 4.99 Å². The van der Waals surface area contributed by atoms with E-state index in [1.165, 1.54) is 32.1 Å². The number of nitrogens with zero attached hydrogens (tertiary/aromatic N) is 1. The third-order valence-electron chi connectivity index (χ3n) is 2.97. The number of para-hydroxylation sites is 1. The van der Waals surface area contributed by atoms with Crippen molar-refractivity contribution in [2.45, 2.75) is 58.4 Å². The van der Waals surface area contributed by atoms with Crippen molar-refractivity contribution >= 4 is 6.40 Å². The molecule has 2 nitrogen and oxygen atoms in total. The van der Waals surface area contributed by atoms with Crippen molar-refractivity contribution < 1.29 is 4.74 Å². The van der Waals surface area contributed by atoms with Gasteiger partial charge in [-0.05, 0) is 25.5 Å². The topological polar surface area (TPSA) is 21.6 Å². The molecule has 1 unspecified atom stereocenters. The monoisotopic (exact) mass is 247 g/mol. The summed E-state index contributed by atoms with van der Waals surface area (Å²) >= 11 is 0. The Morgan fingerprint density at radius 2 is 1.83 bits per heavy atom. The zero-order valence-corrected chi connectivity index (χ0v) is 11.6. The molecule has 0 fully saturated rings. The Balaban J connectivity index is 2.10. The quantitative estimate of drug-likeness (QED) is 0.347. The Hall–Kier alpha value is -1.31. The van der Waals surface area contributed by atoms with Gasteiger partial charge in [-0.1, -0.05) is 57.2 Å². The van der Waals surface area contributed by atoms with Crippen LogP contribution in [-0.2, 0) is 0 Å². The highest BCUT2D eigenvalue weighted by Crippen LogP contribution is 2.10. The van der Waals surface area contributed by atoms with Crippen LogP contribution < -0.4 is 4.74 Å². The van der Waals surface area contributed by atoms with Crippen LogP contribution in [0.3, 0.4) is 0 Å². The van der Waals surface area contributed by atoms with Crippen LogP contribution >= 0.6 is 0 Å². The van der Waals surface area contributed by atoms with E-state index in [-0.39, 0.29) is 0 Å². The highest BCUT2D eigenvalue weighted by molar-refractivity contribution is 5.51. The van der Waals surface area contributed by atoms with Gasteiger partial charge in [-0.15, -0.1) is 0 Å².